The minimum atomic E-state index is 0.0920. The molecule has 1 aromatic heterocycles. The molecule has 0 bridgehead atoms. The molecule has 144 valence electrons. The Balaban J connectivity index is 1.50. The van der Waals surface area contributed by atoms with Crippen LogP contribution in [0.5, 0.6) is 5.75 Å². The fourth-order valence-electron chi connectivity index (χ4n) is 3.78. The van der Waals surface area contributed by atoms with Gasteiger partial charge in [-0.3, -0.25) is 4.79 Å². The third-order valence-corrected chi connectivity index (χ3v) is 5.31. The van der Waals surface area contributed by atoms with Gasteiger partial charge < -0.3 is 14.1 Å². The minimum Gasteiger partial charge on any atom is -0.497 e. The van der Waals surface area contributed by atoms with Gasteiger partial charge in [0.15, 0.2) is 0 Å². The molecule has 1 unspecified atom stereocenters. The Kier molecular flexibility index (Phi) is 5.15. The van der Waals surface area contributed by atoms with Crippen molar-refractivity contribution in [2.75, 3.05) is 13.7 Å². The normalized spacial score (nSPS) is 16.4. The standard InChI is InChI=1S/C23H24N2O3/c1-16-20(24-23(28-16)18-7-4-3-5-8-18)15-22(26)25-14-6-9-21(25)17-10-12-19(27-2)13-11-17/h3-5,7-8,10-13,21H,6,9,14-15H2,1-2H3. The number of nitrogens with zero attached hydrogens (tertiary/aromatic N) is 2. The van der Waals surface area contributed by atoms with E-state index in [4.69, 9.17) is 9.15 Å². The van der Waals surface area contributed by atoms with E-state index in [2.05, 4.69) is 4.98 Å². The number of amides is 1. The van der Waals surface area contributed by atoms with Crippen molar-refractivity contribution >= 4 is 5.91 Å². The quantitative estimate of drug-likeness (QED) is 0.655. The predicted octanol–water partition coefficient (Wildman–Crippen LogP) is 4.56. The molecule has 2 heterocycles. The van der Waals surface area contributed by atoms with Gasteiger partial charge in [-0.15, -0.1) is 0 Å². The summed E-state index contributed by atoms with van der Waals surface area (Å²) in [6.07, 6.45) is 2.25. The number of methoxy groups -OCH3 is 1. The van der Waals surface area contributed by atoms with Gasteiger partial charge in [0.1, 0.15) is 11.5 Å². The van der Waals surface area contributed by atoms with E-state index < -0.39 is 0 Å². The number of likely N-dealkylation sites (tertiary alicyclic amines) is 1. The van der Waals surface area contributed by atoms with Crippen LogP contribution in [0, 0.1) is 6.92 Å². The SMILES string of the molecule is COc1ccc(C2CCCN2C(=O)Cc2nc(-c3ccccc3)oc2C)cc1. The average Bonchev–Trinajstić information content (AvgIpc) is 3.36. The van der Waals surface area contributed by atoms with Crippen LogP contribution in [0.4, 0.5) is 0 Å². The van der Waals surface area contributed by atoms with Gasteiger partial charge in [0, 0.05) is 12.1 Å². The zero-order valence-electron chi connectivity index (χ0n) is 16.2. The topological polar surface area (TPSA) is 55.6 Å². The monoisotopic (exact) mass is 376 g/mol. The molecule has 3 aromatic rings. The van der Waals surface area contributed by atoms with Crippen LogP contribution in [0.2, 0.25) is 0 Å². The van der Waals surface area contributed by atoms with Crippen molar-refractivity contribution in [3.63, 3.8) is 0 Å². The van der Waals surface area contributed by atoms with Crippen LogP contribution in [-0.2, 0) is 11.2 Å². The number of benzene rings is 2. The third kappa shape index (κ3) is 3.65. The largest absolute Gasteiger partial charge is 0.497 e. The molecular weight excluding hydrogens is 352 g/mol. The Bertz CT molecular complexity index is 948. The van der Waals surface area contributed by atoms with Crippen molar-refractivity contribution in [1.82, 2.24) is 9.88 Å². The number of hydrogen-bond acceptors (Lipinski definition) is 4. The maximum Gasteiger partial charge on any atom is 0.229 e. The van der Waals surface area contributed by atoms with E-state index in [0.29, 0.717) is 17.3 Å². The Labute approximate surface area is 165 Å². The van der Waals surface area contributed by atoms with Crippen molar-refractivity contribution in [2.24, 2.45) is 0 Å². The number of aryl methyl sites for hydroxylation is 1. The van der Waals surface area contributed by atoms with Crippen molar-refractivity contribution in [3.05, 3.63) is 71.6 Å². The van der Waals surface area contributed by atoms with Crippen LogP contribution in [-0.4, -0.2) is 29.4 Å². The minimum absolute atomic E-state index is 0.0920. The molecule has 0 saturated carbocycles. The van der Waals surface area contributed by atoms with E-state index in [1.807, 2.05) is 66.4 Å². The highest BCUT2D eigenvalue weighted by Gasteiger charge is 2.30. The molecule has 1 amide bonds. The summed E-state index contributed by atoms with van der Waals surface area (Å²) in [6.45, 7) is 2.64. The van der Waals surface area contributed by atoms with E-state index in [-0.39, 0.29) is 18.4 Å². The Morgan fingerprint density at radius 2 is 1.93 bits per heavy atom. The van der Waals surface area contributed by atoms with Gasteiger partial charge in [0.25, 0.3) is 0 Å². The number of oxazole rings is 1. The van der Waals surface area contributed by atoms with E-state index in [1.165, 1.54) is 0 Å². The maximum absolute atomic E-state index is 13.0. The predicted molar refractivity (Wildman–Crippen MR) is 107 cm³/mol. The smallest absolute Gasteiger partial charge is 0.229 e. The fourth-order valence-corrected chi connectivity index (χ4v) is 3.78. The van der Waals surface area contributed by atoms with Crippen LogP contribution >= 0.6 is 0 Å². The number of carbonyl (C=O) groups excluding carboxylic acids is 1. The lowest BCUT2D eigenvalue weighted by Crippen LogP contribution is -2.32. The highest BCUT2D eigenvalue weighted by Crippen LogP contribution is 2.33. The molecule has 2 aromatic carbocycles. The lowest BCUT2D eigenvalue weighted by atomic mass is 10.0. The molecule has 5 heteroatoms. The molecule has 1 aliphatic heterocycles. The first-order chi connectivity index (χ1) is 13.7. The highest BCUT2D eigenvalue weighted by molar-refractivity contribution is 5.79. The first kappa shape index (κ1) is 18.3. The summed E-state index contributed by atoms with van der Waals surface area (Å²) >= 11 is 0. The summed E-state index contributed by atoms with van der Waals surface area (Å²) in [4.78, 5) is 19.6. The van der Waals surface area contributed by atoms with Crippen LogP contribution in [0.1, 0.15) is 35.9 Å². The Hall–Kier alpha value is -3.08. The van der Waals surface area contributed by atoms with Gasteiger partial charge in [-0.1, -0.05) is 30.3 Å². The zero-order chi connectivity index (χ0) is 19.5. The van der Waals surface area contributed by atoms with Crippen molar-refractivity contribution in [3.8, 4) is 17.2 Å². The van der Waals surface area contributed by atoms with Crippen LogP contribution in [0.25, 0.3) is 11.5 Å². The molecule has 0 aliphatic carbocycles. The lowest BCUT2D eigenvalue weighted by molar-refractivity contribution is -0.131. The Morgan fingerprint density at radius 3 is 2.64 bits per heavy atom. The van der Waals surface area contributed by atoms with Crippen molar-refractivity contribution < 1.29 is 13.9 Å². The molecule has 5 nitrogen and oxygen atoms in total. The molecule has 28 heavy (non-hydrogen) atoms. The summed E-state index contributed by atoms with van der Waals surface area (Å²) in [5, 5.41) is 0. The second-order valence-corrected chi connectivity index (χ2v) is 7.08. The molecular formula is C23H24N2O3. The van der Waals surface area contributed by atoms with E-state index >= 15 is 0 Å². The number of aromatic nitrogens is 1. The molecule has 1 fully saturated rings. The number of rotatable bonds is 5. The summed E-state index contributed by atoms with van der Waals surface area (Å²) in [7, 11) is 1.66. The van der Waals surface area contributed by atoms with Gasteiger partial charge in [-0.25, -0.2) is 4.98 Å². The maximum atomic E-state index is 13.0. The molecule has 4 rings (SSSR count). The molecule has 0 spiro atoms. The number of carbonyl (C=O) groups is 1. The number of hydrogen-bond donors (Lipinski definition) is 0. The summed E-state index contributed by atoms with van der Waals surface area (Å²) in [5.74, 6) is 2.18. The third-order valence-electron chi connectivity index (χ3n) is 5.31. The van der Waals surface area contributed by atoms with E-state index in [1.54, 1.807) is 7.11 Å². The first-order valence-electron chi connectivity index (χ1n) is 9.61. The van der Waals surface area contributed by atoms with Gasteiger partial charge in [-0.2, -0.15) is 0 Å². The molecule has 0 radical (unpaired) electrons. The summed E-state index contributed by atoms with van der Waals surface area (Å²) in [6, 6.07) is 17.9. The van der Waals surface area contributed by atoms with Crippen LogP contribution in [0.15, 0.2) is 59.0 Å². The van der Waals surface area contributed by atoms with E-state index in [0.717, 1.165) is 36.3 Å². The van der Waals surface area contributed by atoms with Crippen LogP contribution < -0.4 is 4.74 Å². The average molecular weight is 376 g/mol. The molecule has 1 aliphatic rings. The van der Waals surface area contributed by atoms with Gasteiger partial charge >= 0.3 is 0 Å². The Morgan fingerprint density at radius 1 is 1.18 bits per heavy atom. The zero-order valence-corrected chi connectivity index (χ0v) is 16.2. The fraction of sp³-hybridized carbons (Fsp3) is 0.304. The van der Waals surface area contributed by atoms with Gasteiger partial charge in [0.05, 0.1) is 25.3 Å². The second-order valence-electron chi connectivity index (χ2n) is 7.08. The van der Waals surface area contributed by atoms with Crippen LogP contribution in [0.3, 0.4) is 0 Å². The second kappa shape index (κ2) is 7.89. The molecule has 1 atom stereocenters. The van der Waals surface area contributed by atoms with Gasteiger partial charge in [0.2, 0.25) is 11.8 Å². The number of ether oxygens (including phenoxy) is 1. The van der Waals surface area contributed by atoms with Crippen molar-refractivity contribution in [2.45, 2.75) is 32.2 Å². The lowest BCUT2D eigenvalue weighted by Gasteiger charge is -2.25. The summed E-state index contributed by atoms with van der Waals surface area (Å²) < 4.78 is 11.0. The molecule has 1 saturated heterocycles. The molecule has 0 N–H and O–H groups in total. The van der Waals surface area contributed by atoms with Crippen molar-refractivity contribution in [1.29, 1.82) is 0 Å². The first-order valence-corrected chi connectivity index (χ1v) is 9.61. The van der Waals surface area contributed by atoms with Gasteiger partial charge in [-0.05, 0) is 49.6 Å². The summed E-state index contributed by atoms with van der Waals surface area (Å²) in [5.41, 5.74) is 2.78. The highest BCUT2D eigenvalue weighted by atomic mass is 16.5. The van der Waals surface area contributed by atoms with E-state index in [9.17, 15) is 4.79 Å².